The minimum atomic E-state index is -1.23. The Hall–Kier alpha value is -2.13. The maximum Gasteiger partial charge on any atom is 0.330 e. The van der Waals surface area contributed by atoms with Gasteiger partial charge in [-0.15, -0.1) is 0 Å². The molecule has 2 heterocycles. The Labute approximate surface area is 118 Å². The van der Waals surface area contributed by atoms with Gasteiger partial charge in [0.1, 0.15) is 12.3 Å². The second-order valence-electron chi connectivity index (χ2n) is 4.79. The minimum absolute atomic E-state index is 0.150. The van der Waals surface area contributed by atoms with Crippen molar-refractivity contribution in [3.8, 4) is 0 Å². The summed E-state index contributed by atoms with van der Waals surface area (Å²) in [6, 6.07) is -0.721. The third-order valence-corrected chi connectivity index (χ3v) is 3.36. The summed E-state index contributed by atoms with van der Waals surface area (Å²) in [4.78, 5) is 28.0. The van der Waals surface area contributed by atoms with E-state index in [4.69, 9.17) is 15.4 Å². The lowest BCUT2D eigenvalue weighted by atomic mass is 10.1. The highest BCUT2D eigenvalue weighted by Crippen LogP contribution is 2.31. The number of hydrogen-bond donors (Lipinski definition) is 3. The SMILES string of the molecule is Cc1cn([C@H]2C[C@H](N=[N+]=[N-])[C@@H]([C@H](O)CO)O2)c(=O)[nH]c1=O. The molecule has 1 aliphatic rings. The molecule has 0 aromatic carbocycles. The third kappa shape index (κ3) is 2.98. The summed E-state index contributed by atoms with van der Waals surface area (Å²) in [6.45, 7) is 0.975. The van der Waals surface area contributed by atoms with Crippen molar-refractivity contribution >= 4 is 0 Å². The number of nitrogens with one attached hydrogen (secondary N) is 1. The Balaban J connectivity index is 2.35. The fourth-order valence-electron chi connectivity index (χ4n) is 2.28. The Bertz CT molecular complexity index is 676. The average molecular weight is 297 g/mol. The summed E-state index contributed by atoms with van der Waals surface area (Å²) in [6.07, 6.45) is -1.46. The molecule has 1 aromatic rings. The zero-order chi connectivity index (χ0) is 15.6. The number of azide groups is 1. The molecule has 1 aromatic heterocycles. The van der Waals surface area contributed by atoms with Gasteiger partial charge in [-0.2, -0.15) is 0 Å². The van der Waals surface area contributed by atoms with E-state index in [1.54, 1.807) is 0 Å². The topological polar surface area (TPSA) is 153 Å². The molecule has 114 valence electrons. The third-order valence-electron chi connectivity index (χ3n) is 3.36. The van der Waals surface area contributed by atoms with Crippen LogP contribution in [0.5, 0.6) is 0 Å². The lowest BCUT2D eigenvalue weighted by Gasteiger charge is -2.20. The van der Waals surface area contributed by atoms with Crippen molar-refractivity contribution in [1.82, 2.24) is 9.55 Å². The molecule has 0 bridgehead atoms. The zero-order valence-electron chi connectivity index (χ0n) is 11.2. The van der Waals surface area contributed by atoms with Crippen LogP contribution in [0, 0.1) is 6.92 Å². The Kier molecular flexibility index (Phi) is 4.43. The summed E-state index contributed by atoms with van der Waals surface area (Å²) in [5, 5.41) is 22.2. The predicted octanol–water partition coefficient (Wildman–Crippen LogP) is -0.835. The predicted molar refractivity (Wildman–Crippen MR) is 70.6 cm³/mol. The lowest BCUT2D eigenvalue weighted by Crippen LogP contribution is -2.37. The van der Waals surface area contributed by atoms with Crippen molar-refractivity contribution in [2.75, 3.05) is 6.61 Å². The van der Waals surface area contributed by atoms with Crippen LogP contribution in [0.3, 0.4) is 0 Å². The van der Waals surface area contributed by atoms with Crippen LogP contribution in [-0.4, -0.2) is 44.6 Å². The number of aliphatic hydroxyl groups excluding tert-OH is 2. The quantitative estimate of drug-likeness (QED) is 0.376. The van der Waals surface area contributed by atoms with E-state index in [1.165, 1.54) is 17.7 Å². The maximum absolute atomic E-state index is 11.8. The number of ether oxygens (including phenoxy) is 1. The molecule has 2 rings (SSSR count). The summed E-state index contributed by atoms with van der Waals surface area (Å²) in [5.74, 6) is 0. The first kappa shape index (κ1) is 15.3. The Morgan fingerprint density at radius 2 is 2.38 bits per heavy atom. The molecule has 0 spiro atoms. The molecule has 4 atom stereocenters. The van der Waals surface area contributed by atoms with Gasteiger partial charge in [-0.1, -0.05) is 5.11 Å². The van der Waals surface area contributed by atoms with Gasteiger partial charge in [0.25, 0.3) is 5.56 Å². The Morgan fingerprint density at radius 3 is 3.00 bits per heavy atom. The van der Waals surface area contributed by atoms with Gasteiger partial charge < -0.3 is 14.9 Å². The molecule has 21 heavy (non-hydrogen) atoms. The summed E-state index contributed by atoms with van der Waals surface area (Å²) in [7, 11) is 0. The van der Waals surface area contributed by atoms with E-state index in [2.05, 4.69) is 15.0 Å². The highest BCUT2D eigenvalue weighted by atomic mass is 16.5. The van der Waals surface area contributed by atoms with Crippen molar-refractivity contribution < 1.29 is 14.9 Å². The van der Waals surface area contributed by atoms with Crippen LogP contribution in [0.2, 0.25) is 0 Å². The van der Waals surface area contributed by atoms with Gasteiger partial charge in [-0.3, -0.25) is 14.3 Å². The first-order valence-electron chi connectivity index (χ1n) is 6.28. The Morgan fingerprint density at radius 1 is 1.67 bits per heavy atom. The van der Waals surface area contributed by atoms with E-state index in [0.717, 1.165) is 0 Å². The molecule has 0 radical (unpaired) electrons. The normalized spacial score (nSPS) is 26.3. The first-order chi connectivity index (χ1) is 9.97. The fourth-order valence-corrected chi connectivity index (χ4v) is 2.28. The van der Waals surface area contributed by atoms with Gasteiger partial charge in [0.15, 0.2) is 0 Å². The van der Waals surface area contributed by atoms with E-state index >= 15 is 0 Å². The van der Waals surface area contributed by atoms with Gasteiger partial charge in [-0.25, -0.2) is 4.79 Å². The van der Waals surface area contributed by atoms with E-state index in [9.17, 15) is 14.7 Å². The summed E-state index contributed by atoms with van der Waals surface area (Å²) in [5.41, 5.74) is 7.71. The van der Waals surface area contributed by atoms with Crippen LogP contribution in [0.4, 0.5) is 0 Å². The molecule has 1 aliphatic heterocycles. The standard InChI is InChI=1S/C11H15N5O5/c1-5-3-16(11(20)13-10(5)19)8-2-6(14-15-12)9(21-8)7(18)4-17/h3,6-9,17-18H,2,4H2,1H3,(H,13,19,20)/t6-,7+,8+,9-/m0/s1. The van der Waals surface area contributed by atoms with Gasteiger partial charge in [0.2, 0.25) is 0 Å². The van der Waals surface area contributed by atoms with Gasteiger partial charge >= 0.3 is 5.69 Å². The van der Waals surface area contributed by atoms with Crippen molar-refractivity contribution in [3.63, 3.8) is 0 Å². The van der Waals surface area contributed by atoms with Crippen LogP contribution in [0.15, 0.2) is 20.9 Å². The van der Waals surface area contributed by atoms with Gasteiger partial charge in [0.05, 0.1) is 18.8 Å². The van der Waals surface area contributed by atoms with Crippen LogP contribution in [0.1, 0.15) is 18.2 Å². The van der Waals surface area contributed by atoms with Crippen LogP contribution < -0.4 is 11.2 Å². The van der Waals surface area contributed by atoms with Crippen molar-refractivity contribution in [3.05, 3.63) is 43.0 Å². The number of aromatic nitrogens is 2. The minimum Gasteiger partial charge on any atom is -0.394 e. The van der Waals surface area contributed by atoms with Crippen LogP contribution >= 0.6 is 0 Å². The monoisotopic (exact) mass is 297 g/mol. The highest BCUT2D eigenvalue weighted by Gasteiger charge is 2.40. The van der Waals surface area contributed by atoms with Gasteiger partial charge in [0, 0.05) is 23.1 Å². The maximum atomic E-state index is 11.8. The second-order valence-corrected chi connectivity index (χ2v) is 4.79. The lowest BCUT2D eigenvalue weighted by molar-refractivity contribution is -0.0781. The zero-order valence-corrected chi connectivity index (χ0v) is 11.2. The summed E-state index contributed by atoms with van der Waals surface area (Å²) < 4.78 is 6.67. The number of aliphatic hydroxyl groups is 2. The first-order valence-corrected chi connectivity index (χ1v) is 6.28. The number of hydrogen-bond acceptors (Lipinski definition) is 6. The molecule has 10 heteroatoms. The molecule has 1 fully saturated rings. The van der Waals surface area contributed by atoms with Crippen LogP contribution in [0.25, 0.3) is 10.4 Å². The number of aryl methyl sites for hydroxylation is 1. The molecular formula is C11H15N5O5. The van der Waals surface area contributed by atoms with E-state index in [-0.39, 0.29) is 6.42 Å². The molecule has 0 aliphatic carbocycles. The van der Waals surface area contributed by atoms with Crippen LogP contribution in [-0.2, 0) is 4.74 Å². The smallest absolute Gasteiger partial charge is 0.330 e. The van der Waals surface area contributed by atoms with Crippen molar-refractivity contribution in [2.24, 2.45) is 5.11 Å². The van der Waals surface area contributed by atoms with E-state index < -0.39 is 42.3 Å². The van der Waals surface area contributed by atoms with Crippen molar-refractivity contribution in [2.45, 2.75) is 37.8 Å². The fraction of sp³-hybridized carbons (Fsp3) is 0.636. The molecular weight excluding hydrogens is 282 g/mol. The largest absolute Gasteiger partial charge is 0.394 e. The van der Waals surface area contributed by atoms with Crippen molar-refractivity contribution in [1.29, 1.82) is 0 Å². The number of nitrogens with zero attached hydrogens (tertiary/aromatic N) is 4. The number of H-pyrrole nitrogens is 1. The summed E-state index contributed by atoms with van der Waals surface area (Å²) >= 11 is 0. The molecule has 3 N–H and O–H groups in total. The molecule has 10 nitrogen and oxygen atoms in total. The number of rotatable bonds is 4. The van der Waals surface area contributed by atoms with E-state index in [0.29, 0.717) is 5.56 Å². The molecule has 0 saturated carbocycles. The number of aromatic amines is 1. The average Bonchev–Trinajstić information content (AvgIpc) is 2.86. The molecule has 0 unspecified atom stereocenters. The second kappa shape index (κ2) is 6.10. The van der Waals surface area contributed by atoms with Gasteiger partial charge in [-0.05, 0) is 12.5 Å². The van der Waals surface area contributed by atoms with E-state index in [1.807, 2.05) is 0 Å². The molecule has 1 saturated heterocycles. The molecule has 0 amide bonds. The highest BCUT2D eigenvalue weighted by molar-refractivity contribution is 5.02.